The Morgan fingerprint density at radius 3 is 2.45 bits per heavy atom. The summed E-state index contributed by atoms with van der Waals surface area (Å²) in [6, 6.07) is 8.85. The number of likely N-dealkylation sites (tertiary alicyclic amines) is 1. The second kappa shape index (κ2) is 9.00. The molecular formula is C21H23F2N3O3. The molecule has 1 fully saturated rings. The van der Waals surface area contributed by atoms with E-state index in [0.717, 1.165) is 18.2 Å². The minimum atomic E-state index is -0.702. The quantitative estimate of drug-likeness (QED) is 0.669. The molecule has 0 aliphatic carbocycles. The largest absolute Gasteiger partial charge is 0.506 e. The van der Waals surface area contributed by atoms with Gasteiger partial charge in [-0.2, -0.15) is 0 Å². The van der Waals surface area contributed by atoms with Gasteiger partial charge in [-0.3, -0.25) is 14.5 Å². The van der Waals surface area contributed by atoms with Crippen molar-refractivity contribution in [1.29, 1.82) is 0 Å². The maximum absolute atomic E-state index is 13.7. The molecular weight excluding hydrogens is 380 g/mol. The van der Waals surface area contributed by atoms with Crippen LogP contribution in [0.25, 0.3) is 0 Å². The van der Waals surface area contributed by atoms with E-state index in [1.54, 1.807) is 25.1 Å². The van der Waals surface area contributed by atoms with Crippen molar-refractivity contribution in [3.8, 4) is 5.75 Å². The number of aromatic hydroxyl groups is 1. The Balaban J connectivity index is 1.53. The highest BCUT2D eigenvalue weighted by molar-refractivity contribution is 5.95. The number of anilines is 2. The Morgan fingerprint density at radius 2 is 1.76 bits per heavy atom. The molecule has 1 atom stereocenters. The number of halogens is 2. The average molecular weight is 403 g/mol. The van der Waals surface area contributed by atoms with Gasteiger partial charge in [0.25, 0.3) is 0 Å². The molecule has 1 unspecified atom stereocenters. The molecule has 0 aromatic heterocycles. The predicted molar refractivity (Wildman–Crippen MR) is 105 cm³/mol. The van der Waals surface area contributed by atoms with E-state index in [4.69, 9.17) is 0 Å². The monoisotopic (exact) mass is 403 g/mol. The minimum absolute atomic E-state index is 0.00756. The molecule has 3 rings (SSSR count). The normalized spacial score (nSPS) is 16.2. The van der Waals surface area contributed by atoms with E-state index in [0.29, 0.717) is 31.6 Å². The lowest BCUT2D eigenvalue weighted by atomic mass is 9.94. The van der Waals surface area contributed by atoms with Crippen LogP contribution in [0, 0.1) is 17.6 Å². The van der Waals surface area contributed by atoms with Crippen molar-refractivity contribution in [3.05, 3.63) is 54.1 Å². The molecule has 2 aromatic carbocycles. The first-order valence-corrected chi connectivity index (χ1v) is 9.44. The molecule has 1 saturated heterocycles. The van der Waals surface area contributed by atoms with Gasteiger partial charge in [0, 0.05) is 12.0 Å². The van der Waals surface area contributed by atoms with E-state index in [2.05, 4.69) is 10.6 Å². The molecule has 1 aliphatic heterocycles. The Morgan fingerprint density at radius 1 is 1.07 bits per heavy atom. The number of carbonyl (C=O) groups is 2. The van der Waals surface area contributed by atoms with Crippen molar-refractivity contribution in [3.63, 3.8) is 0 Å². The SMILES string of the molecule is CC(C(=O)Nc1cc(F)ccc1F)N1CCC(C(=O)Nc2ccccc2O)CC1. The van der Waals surface area contributed by atoms with Gasteiger partial charge in [0.2, 0.25) is 11.8 Å². The van der Waals surface area contributed by atoms with Crippen molar-refractivity contribution >= 4 is 23.2 Å². The van der Waals surface area contributed by atoms with Crippen LogP contribution in [0.2, 0.25) is 0 Å². The summed E-state index contributed by atoms with van der Waals surface area (Å²) in [6.07, 6.45) is 1.09. The van der Waals surface area contributed by atoms with Crippen molar-refractivity contribution in [2.75, 3.05) is 23.7 Å². The van der Waals surface area contributed by atoms with E-state index in [9.17, 15) is 23.5 Å². The minimum Gasteiger partial charge on any atom is -0.506 e. The van der Waals surface area contributed by atoms with Gasteiger partial charge >= 0.3 is 0 Å². The number of phenols is 1. The number of nitrogens with one attached hydrogen (secondary N) is 2. The number of piperidine rings is 1. The zero-order valence-corrected chi connectivity index (χ0v) is 16.0. The molecule has 1 heterocycles. The summed E-state index contributed by atoms with van der Waals surface area (Å²) in [5.41, 5.74) is 0.170. The molecule has 8 heteroatoms. The maximum Gasteiger partial charge on any atom is 0.241 e. The maximum atomic E-state index is 13.7. The summed E-state index contributed by atoms with van der Waals surface area (Å²) >= 11 is 0. The summed E-state index contributed by atoms with van der Waals surface area (Å²) in [7, 11) is 0. The van der Waals surface area contributed by atoms with Crippen molar-refractivity contribution < 1.29 is 23.5 Å². The lowest BCUT2D eigenvalue weighted by molar-refractivity contribution is -0.123. The fourth-order valence-electron chi connectivity index (χ4n) is 3.36. The van der Waals surface area contributed by atoms with Crippen molar-refractivity contribution in [2.45, 2.75) is 25.8 Å². The van der Waals surface area contributed by atoms with Gasteiger partial charge in [-0.25, -0.2) is 8.78 Å². The van der Waals surface area contributed by atoms with Gasteiger partial charge in [-0.15, -0.1) is 0 Å². The lowest BCUT2D eigenvalue weighted by Crippen LogP contribution is -2.47. The molecule has 2 amide bonds. The van der Waals surface area contributed by atoms with E-state index in [1.165, 1.54) is 6.07 Å². The number of hydrogen-bond acceptors (Lipinski definition) is 4. The third-order valence-corrected chi connectivity index (χ3v) is 5.18. The number of para-hydroxylation sites is 2. The first-order valence-electron chi connectivity index (χ1n) is 9.44. The van der Waals surface area contributed by atoms with Gasteiger partial charge in [0.15, 0.2) is 0 Å². The average Bonchev–Trinajstić information content (AvgIpc) is 2.72. The second-order valence-electron chi connectivity index (χ2n) is 7.11. The van der Waals surface area contributed by atoms with Gasteiger partial charge in [0.1, 0.15) is 17.4 Å². The first kappa shape index (κ1) is 20.7. The molecule has 2 aromatic rings. The zero-order chi connectivity index (χ0) is 21.0. The van der Waals surface area contributed by atoms with Crippen LogP contribution in [-0.2, 0) is 9.59 Å². The molecule has 1 aliphatic rings. The molecule has 3 N–H and O–H groups in total. The van der Waals surface area contributed by atoms with Gasteiger partial charge in [-0.05, 0) is 57.1 Å². The van der Waals surface area contributed by atoms with E-state index in [-0.39, 0.29) is 23.3 Å². The fourth-order valence-corrected chi connectivity index (χ4v) is 3.36. The lowest BCUT2D eigenvalue weighted by Gasteiger charge is -2.34. The number of amides is 2. The molecule has 6 nitrogen and oxygen atoms in total. The Kier molecular flexibility index (Phi) is 6.43. The predicted octanol–water partition coefficient (Wildman–Crippen LogP) is 3.35. The van der Waals surface area contributed by atoms with Crippen LogP contribution in [0.15, 0.2) is 42.5 Å². The summed E-state index contributed by atoms with van der Waals surface area (Å²) in [5.74, 6) is -2.18. The van der Waals surface area contributed by atoms with Crippen LogP contribution in [0.1, 0.15) is 19.8 Å². The molecule has 0 saturated carbocycles. The van der Waals surface area contributed by atoms with E-state index >= 15 is 0 Å². The van der Waals surface area contributed by atoms with Crippen LogP contribution in [0.3, 0.4) is 0 Å². The molecule has 154 valence electrons. The Bertz CT molecular complexity index is 898. The number of phenolic OH excluding ortho intramolecular Hbond substituents is 1. The first-order chi connectivity index (χ1) is 13.8. The summed E-state index contributed by atoms with van der Waals surface area (Å²) < 4.78 is 27.0. The second-order valence-corrected chi connectivity index (χ2v) is 7.11. The topological polar surface area (TPSA) is 81.7 Å². The zero-order valence-electron chi connectivity index (χ0n) is 16.0. The highest BCUT2D eigenvalue weighted by atomic mass is 19.1. The number of hydrogen-bond donors (Lipinski definition) is 3. The summed E-state index contributed by atoms with van der Waals surface area (Å²) in [5, 5.41) is 14.9. The number of rotatable bonds is 5. The Labute approximate surface area is 167 Å². The van der Waals surface area contributed by atoms with Crippen molar-refractivity contribution in [2.24, 2.45) is 5.92 Å². The molecule has 0 bridgehead atoms. The van der Waals surface area contributed by atoms with Gasteiger partial charge in [-0.1, -0.05) is 12.1 Å². The third-order valence-electron chi connectivity index (χ3n) is 5.18. The van der Waals surface area contributed by atoms with Crippen LogP contribution in [0.5, 0.6) is 5.75 Å². The highest BCUT2D eigenvalue weighted by Gasteiger charge is 2.30. The standard InChI is InChI=1S/C21H23F2N3O3/c1-13(20(28)25-18-12-15(22)6-7-16(18)23)26-10-8-14(9-11-26)21(29)24-17-4-2-3-5-19(17)27/h2-7,12-14,27H,8-11H2,1H3,(H,24,29)(H,25,28). The van der Waals surface area contributed by atoms with Gasteiger partial charge < -0.3 is 15.7 Å². The Hall–Kier alpha value is -3.00. The van der Waals surface area contributed by atoms with Crippen LogP contribution >= 0.6 is 0 Å². The summed E-state index contributed by atoms with van der Waals surface area (Å²) in [4.78, 5) is 26.8. The van der Waals surface area contributed by atoms with Crippen LogP contribution < -0.4 is 10.6 Å². The third kappa shape index (κ3) is 5.08. The fraction of sp³-hybridized carbons (Fsp3) is 0.333. The summed E-state index contributed by atoms with van der Waals surface area (Å²) in [6.45, 7) is 2.72. The van der Waals surface area contributed by atoms with Crippen molar-refractivity contribution in [1.82, 2.24) is 4.90 Å². The smallest absolute Gasteiger partial charge is 0.241 e. The van der Waals surface area contributed by atoms with Gasteiger partial charge in [0.05, 0.1) is 17.4 Å². The number of carbonyl (C=O) groups excluding carboxylic acids is 2. The molecule has 29 heavy (non-hydrogen) atoms. The number of benzene rings is 2. The van der Waals surface area contributed by atoms with E-state index < -0.39 is 23.6 Å². The molecule has 0 spiro atoms. The number of nitrogens with zero attached hydrogens (tertiary/aromatic N) is 1. The van der Waals surface area contributed by atoms with Crippen LogP contribution in [0.4, 0.5) is 20.2 Å². The highest BCUT2D eigenvalue weighted by Crippen LogP contribution is 2.25. The molecule has 0 radical (unpaired) electrons. The van der Waals surface area contributed by atoms with Crippen LogP contribution in [-0.4, -0.2) is 41.0 Å². The van der Waals surface area contributed by atoms with E-state index in [1.807, 2.05) is 4.90 Å².